The number of para-hydroxylation sites is 1. The minimum Gasteiger partial charge on any atom is -0.220 e. The van der Waals surface area contributed by atoms with Gasteiger partial charge in [-0.3, -0.25) is 0 Å². The number of benzene rings is 1. The van der Waals surface area contributed by atoms with Gasteiger partial charge in [0, 0.05) is 0 Å². The lowest BCUT2D eigenvalue weighted by Gasteiger charge is -2.22. The quantitative estimate of drug-likeness (QED) is 0.732. The predicted molar refractivity (Wildman–Crippen MR) is 64.8 cm³/mol. The van der Waals surface area contributed by atoms with Gasteiger partial charge >= 0.3 is 0 Å². The van der Waals surface area contributed by atoms with E-state index in [1.54, 1.807) is 0 Å². The van der Waals surface area contributed by atoms with E-state index >= 15 is 0 Å². The Labute approximate surface area is 96.1 Å². The molecule has 3 nitrogen and oxygen atoms in total. The minimum absolute atomic E-state index is 0.108. The summed E-state index contributed by atoms with van der Waals surface area (Å²) in [7, 11) is 0. The molecule has 16 heavy (non-hydrogen) atoms. The molecule has 2 aromatic rings. The van der Waals surface area contributed by atoms with Gasteiger partial charge in [0.25, 0.3) is 0 Å². The van der Waals surface area contributed by atoms with Crippen LogP contribution in [0.4, 0.5) is 0 Å². The number of nitrogens with zero attached hydrogens (tertiary/aromatic N) is 3. The first kappa shape index (κ1) is 10.9. The first-order valence-electron chi connectivity index (χ1n) is 5.47. The zero-order chi connectivity index (χ0) is 11.8. The van der Waals surface area contributed by atoms with Crippen LogP contribution in [0, 0.1) is 6.92 Å². The van der Waals surface area contributed by atoms with E-state index < -0.39 is 0 Å². The van der Waals surface area contributed by atoms with Crippen molar-refractivity contribution in [3.63, 3.8) is 0 Å². The lowest BCUT2D eigenvalue weighted by atomic mass is 9.86. The number of hydrogen-bond acceptors (Lipinski definition) is 2. The molecule has 0 atom stereocenters. The van der Waals surface area contributed by atoms with E-state index in [0.29, 0.717) is 0 Å². The van der Waals surface area contributed by atoms with Crippen LogP contribution in [-0.4, -0.2) is 15.0 Å². The highest BCUT2D eigenvalue weighted by Gasteiger charge is 2.18. The second kappa shape index (κ2) is 3.74. The number of hydrogen-bond donors (Lipinski definition) is 0. The molecule has 0 saturated carbocycles. The molecule has 0 bridgehead atoms. The maximum absolute atomic E-state index is 4.13. The molecule has 0 amide bonds. The van der Waals surface area contributed by atoms with Gasteiger partial charge in [-0.25, -0.2) is 4.68 Å². The summed E-state index contributed by atoms with van der Waals surface area (Å²) in [4.78, 5) is 0. The van der Waals surface area contributed by atoms with E-state index in [9.17, 15) is 0 Å². The molecular weight excluding hydrogens is 198 g/mol. The van der Waals surface area contributed by atoms with E-state index in [1.165, 1.54) is 5.56 Å². The Morgan fingerprint density at radius 2 is 1.81 bits per heavy atom. The summed E-state index contributed by atoms with van der Waals surface area (Å²) in [6.07, 6.45) is 1.95. The topological polar surface area (TPSA) is 30.7 Å². The van der Waals surface area contributed by atoms with Crippen molar-refractivity contribution in [2.24, 2.45) is 0 Å². The highest BCUT2D eigenvalue weighted by molar-refractivity contribution is 5.44. The van der Waals surface area contributed by atoms with Gasteiger partial charge in [-0.15, -0.1) is 5.10 Å². The monoisotopic (exact) mass is 215 g/mol. The van der Waals surface area contributed by atoms with Crippen LogP contribution in [0.3, 0.4) is 0 Å². The Bertz CT molecular complexity index is 492. The highest BCUT2D eigenvalue weighted by atomic mass is 15.4. The molecule has 0 aliphatic rings. The number of aryl methyl sites for hydroxylation is 1. The fourth-order valence-corrected chi connectivity index (χ4v) is 1.77. The summed E-state index contributed by atoms with van der Waals surface area (Å²) in [6.45, 7) is 8.56. The van der Waals surface area contributed by atoms with Crippen molar-refractivity contribution < 1.29 is 0 Å². The maximum atomic E-state index is 4.13. The lowest BCUT2D eigenvalue weighted by Crippen LogP contribution is -2.15. The third-order valence-corrected chi connectivity index (χ3v) is 2.57. The summed E-state index contributed by atoms with van der Waals surface area (Å²) in [5.74, 6) is 0. The van der Waals surface area contributed by atoms with Crippen LogP contribution in [0.1, 0.15) is 32.0 Å². The van der Waals surface area contributed by atoms with Crippen molar-refractivity contribution in [2.45, 2.75) is 33.1 Å². The molecular formula is C13H17N3. The van der Waals surface area contributed by atoms with Crippen LogP contribution in [-0.2, 0) is 5.41 Å². The third kappa shape index (κ3) is 1.98. The number of rotatable bonds is 1. The molecule has 0 aliphatic carbocycles. The van der Waals surface area contributed by atoms with Gasteiger partial charge in [-0.1, -0.05) is 44.2 Å². The zero-order valence-corrected chi connectivity index (χ0v) is 10.2. The fraction of sp³-hybridized carbons (Fsp3) is 0.385. The minimum atomic E-state index is 0.108. The van der Waals surface area contributed by atoms with Crippen LogP contribution >= 0.6 is 0 Å². The SMILES string of the molecule is Cc1cn(-c2ccccc2C(C)(C)C)nn1. The van der Waals surface area contributed by atoms with Gasteiger partial charge in [0.2, 0.25) is 0 Å². The van der Waals surface area contributed by atoms with Crippen molar-refractivity contribution in [3.8, 4) is 5.69 Å². The molecule has 0 unspecified atom stereocenters. The molecule has 1 aromatic heterocycles. The summed E-state index contributed by atoms with van der Waals surface area (Å²) in [6, 6.07) is 8.32. The van der Waals surface area contributed by atoms with Crippen molar-refractivity contribution in [1.82, 2.24) is 15.0 Å². The van der Waals surface area contributed by atoms with Crippen molar-refractivity contribution in [2.75, 3.05) is 0 Å². The second-order valence-corrected chi connectivity index (χ2v) is 5.07. The summed E-state index contributed by atoms with van der Waals surface area (Å²) < 4.78 is 1.84. The largest absolute Gasteiger partial charge is 0.220 e. The molecule has 0 spiro atoms. The van der Waals surface area contributed by atoms with Gasteiger partial charge in [-0.05, 0) is 24.0 Å². The predicted octanol–water partition coefficient (Wildman–Crippen LogP) is 2.87. The summed E-state index contributed by atoms with van der Waals surface area (Å²) in [5, 5.41) is 8.16. The molecule has 0 radical (unpaired) electrons. The molecule has 0 fully saturated rings. The van der Waals surface area contributed by atoms with Gasteiger partial charge in [0.15, 0.2) is 0 Å². The molecule has 2 rings (SSSR count). The van der Waals surface area contributed by atoms with Crippen LogP contribution < -0.4 is 0 Å². The van der Waals surface area contributed by atoms with Crippen molar-refractivity contribution in [3.05, 3.63) is 41.7 Å². The third-order valence-electron chi connectivity index (χ3n) is 2.57. The Kier molecular flexibility index (Phi) is 2.54. The standard InChI is InChI=1S/C13H17N3/c1-10-9-16(15-14-10)12-8-6-5-7-11(12)13(2,3)4/h5-9H,1-4H3. The maximum Gasteiger partial charge on any atom is 0.0800 e. The molecule has 0 saturated heterocycles. The van der Waals surface area contributed by atoms with E-state index in [-0.39, 0.29) is 5.41 Å². The second-order valence-electron chi connectivity index (χ2n) is 5.07. The highest BCUT2D eigenvalue weighted by Crippen LogP contribution is 2.27. The Morgan fingerprint density at radius 1 is 1.12 bits per heavy atom. The average Bonchev–Trinajstić information content (AvgIpc) is 2.64. The Morgan fingerprint density at radius 3 is 2.38 bits per heavy atom. The van der Waals surface area contributed by atoms with Crippen molar-refractivity contribution >= 4 is 0 Å². The Balaban J connectivity index is 2.57. The van der Waals surface area contributed by atoms with Crippen LogP contribution in [0.2, 0.25) is 0 Å². The summed E-state index contributed by atoms with van der Waals surface area (Å²) >= 11 is 0. The van der Waals surface area contributed by atoms with Gasteiger partial charge in [-0.2, -0.15) is 0 Å². The van der Waals surface area contributed by atoms with Crippen LogP contribution in [0.15, 0.2) is 30.5 Å². The van der Waals surface area contributed by atoms with E-state index in [2.05, 4.69) is 49.3 Å². The van der Waals surface area contributed by atoms with Crippen LogP contribution in [0.5, 0.6) is 0 Å². The smallest absolute Gasteiger partial charge is 0.0800 e. The molecule has 0 N–H and O–H groups in total. The molecule has 0 aliphatic heterocycles. The number of aromatic nitrogens is 3. The molecule has 1 heterocycles. The lowest BCUT2D eigenvalue weighted by molar-refractivity contribution is 0.582. The summed E-state index contributed by atoms with van der Waals surface area (Å²) in [5.41, 5.74) is 3.43. The normalized spacial score (nSPS) is 11.8. The van der Waals surface area contributed by atoms with Crippen molar-refractivity contribution in [1.29, 1.82) is 0 Å². The fourth-order valence-electron chi connectivity index (χ4n) is 1.77. The Hall–Kier alpha value is -1.64. The average molecular weight is 215 g/mol. The molecule has 1 aromatic carbocycles. The molecule has 3 heteroatoms. The molecule has 84 valence electrons. The van der Waals surface area contributed by atoms with Gasteiger partial charge in [0.05, 0.1) is 17.6 Å². The van der Waals surface area contributed by atoms with E-state index in [4.69, 9.17) is 0 Å². The first-order chi connectivity index (χ1) is 7.48. The van der Waals surface area contributed by atoms with E-state index in [1.807, 2.05) is 23.9 Å². The zero-order valence-electron chi connectivity index (χ0n) is 10.2. The van der Waals surface area contributed by atoms with E-state index in [0.717, 1.165) is 11.4 Å². The van der Waals surface area contributed by atoms with Crippen LogP contribution in [0.25, 0.3) is 5.69 Å². The first-order valence-corrected chi connectivity index (χ1v) is 5.47. The van der Waals surface area contributed by atoms with Gasteiger partial charge in [0.1, 0.15) is 0 Å². The van der Waals surface area contributed by atoms with Gasteiger partial charge < -0.3 is 0 Å².